The molecule has 1 atom stereocenters. The van der Waals surface area contributed by atoms with Crippen LogP contribution in [0, 0.1) is 19.8 Å². The summed E-state index contributed by atoms with van der Waals surface area (Å²) < 4.78 is 7.66. The van der Waals surface area contributed by atoms with E-state index in [9.17, 15) is 4.79 Å². The van der Waals surface area contributed by atoms with E-state index in [1.165, 1.54) is 16.8 Å². The number of benzene rings is 1. The van der Waals surface area contributed by atoms with Crippen LogP contribution in [0.3, 0.4) is 0 Å². The first-order chi connectivity index (χ1) is 17.0. The van der Waals surface area contributed by atoms with Crippen molar-refractivity contribution in [2.75, 3.05) is 13.1 Å². The summed E-state index contributed by atoms with van der Waals surface area (Å²) in [6, 6.07) is 14.8. The van der Waals surface area contributed by atoms with Gasteiger partial charge in [-0.1, -0.05) is 30.3 Å². The summed E-state index contributed by atoms with van der Waals surface area (Å²) in [5.41, 5.74) is 5.12. The van der Waals surface area contributed by atoms with Crippen molar-refractivity contribution >= 4 is 5.91 Å². The third-order valence-electron chi connectivity index (χ3n) is 7.94. The molecule has 2 fully saturated rings. The monoisotopic (exact) mass is 474 g/mol. The first-order valence-electron chi connectivity index (χ1n) is 13.2. The van der Waals surface area contributed by atoms with Crippen molar-refractivity contribution in [1.82, 2.24) is 19.6 Å². The minimum absolute atomic E-state index is 0.0547. The van der Waals surface area contributed by atoms with Crippen LogP contribution >= 0.6 is 0 Å². The van der Waals surface area contributed by atoms with Gasteiger partial charge in [0.2, 0.25) is 0 Å². The van der Waals surface area contributed by atoms with Crippen molar-refractivity contribution in [2.45, 2.75) is 78.0 Å². The van der Waals surface area contributed by atoms with Crippen LogP contribution < -0.4 is 0 Å². The van der Waals surface area contributed by atoms with Crippen LogP contribution in [0.15, 0.2) is 53.1 Å². The summed E-state index contributed by atoms with van der Waals surface area (Å²) in [6.07, 6.45) is 6.90. The molecular weight excluding hydrogens is 436 g/mol. The molecule has 6 nitrogen and oxygen atoms in total. The zero-order chi connectivity index (χ0) is 24.4. The molecule has 0 bridgehead atoms. The van der Waals surface area contributed by atoms with Gasteiger partial charge in [-0.2, -0.15) is 5.10 Å². The van der Waals surface area contributed by atoms with Crippen LogP contribution in [0.25, 0.3) is 0 Å². The zero-order valence-electron chi connectivity index (χ0n) is 21.3. The summed E-state index contributed by atoms with van der Waals surface area (Å²) in [5.74, 6) is 0.997. The third kappa shape index (κ3) is 5.22. The van der Waals surface area contributed by atoms with Gasteiger partial charge in [0.25, 0.3) is 5.91 Å². The summed E-state index contributed by atoms with van der Waals surface area (Å²) in [5, 5.41) is 4.71. The van der Waals surface area contributed by atoms with E-state index in [-0.39, 0.29) is 11.9 Å². The first kappa shape index (κ1) is 23.9. The van der Waals surface area contributed by atoms with Crippen molar-refractivity contribution in [1.29, 1.82) is 0 Å². The van der Waals surface area contributed by atoms with E-state index in [2.05, 4.69) is 65.6 Å². The molecule has 6 heteroatoms. The Morgan fingerprint density at radius 2 is 1.83 bits per heavy atom. The molecular formula is C29H38N4O2. The molecule has 0 unspecified atom stereocenters. The molecule has 1 aliphatic carbocycles. The van der Waals surface area contributed by atoms with Crippen LogP contribution in [0.4, 0.5) is 0 Å². The van der Waals surface area contributed by atoms with Crippen LogP contribution in [-0.2, 0) is 19.5 Å². The number of hydrogen-bond donors (Lipinski definition) is 0. The molecule has 2 aliphatic rings. The summed E-state index contributed by atoms with van der Waals surface area (Å²) in [4.78, 5) is 18.3. The number of carbonyl (C=O) groups excluding carboxylic acids is 1. The van der Waals surface area contributed by atoms with Gasteiger partial charge in [-0.05, 0) is 89.6 Å². The summed E-state index contributed by atoms with van der Waals surface area (Å²) in [6.45, 7) is 10.5. The van der Waals surface area contributed by atoms with Crippen LogP contribution in [0.2, 0.25) is 0 Å². The van der Waals surface area contributed by atoms with E-state index >= 15 is 0 Å². The number of rotatable bonds is 9. The molecule has 1 aliphatic heterocycles. The number of furan rings is 1. The number of nitrogens with zero attached hydrogens (tertiary/aromatic N) is 4. The number of hydrogen-bond acceptors (Lipinski definition) is 4. The largest absolute Gasteiger partial charge is 0.459 e. The molecule has 3 heterocycles. The minimum Gasteiger partial charge on any atom is -0.459 e. The van der Waals surface area contributed by atoms with Crippen molar-refractivity contribution in [3.05, 3.63) is 77.0 Å². The molecule has 5 rings (SSSR count). The van der Waals surface area contributed by atoms with Crippen molar-refractivity contribution < 1.29 is 9.21 Å². The maximum Gasteiger partial charge on any atom is 0.290 e. The number of carbonyl (C=O) groups is 1. The van der Waals surface area contributed by atoms with Gasteiger partial charge in [-0.25, -0.2) is 0 Å². The van der Waals surface area contributed by atoms with E-state index in [0.717, 1.165) is 64.0 Å². The van der Waals surface area contributed by atoms with Crippen molar-refractivity contribution in [3.8, 4) is 0 Å². The molecule has 0 spiro atoms. The first-order valence-corrected chi connectivity index (χ1v) is 13.2. The lowest BCUT2D eigenvalue weighted by molar-refractivity contribution is 0.0453. The van der Waals surface area contributed by atoms with E-state index in [1.54, 1.807) is 12.3 Å². The van der Waals surface area contributed by atoms with E-state index in [4.69, 9.17) is 9.52 Å². The van der Waals surface area contributed by atoms with Gasteiger partial charge in [0.1, 0.15) is 0 Å². The number of aryl methyl sites for hydroxylation is 2. The van der Waals surface area contributed by atoms with Gasteiger partial charge >= 0.3 is 0 Å². The summed E-state index contributed by atoms with van der Waals surface area (Å²) in [7, 11) is 0. The molecule has 0 radical (unpaired) electrons. The quantitative estimate of drug-likeness (QED) is 0.426. The molecule has 35 heavy (non-hydrogen) atoms. The van der Waals surface area contributed by atoms with Crippen LogP contribution in [-0.4, -0.2) is 50.7 Å². The maximum atomic E-state index is 13.6. The molecule has 1 amide bonds. The van der Waals surface area contributed by atoms with Gasteiger partial charge in [-0.3, -0.25) is 14.4 Å². The Labute approximate surface area is 208 Å². The zero-order valence-corrected chi connectivity index (χ0v) is 21.3. The number of likely N-dealkylation sites (tertiary alicyclic amines) is 1. The van der Waals surface area contributed by atoms with Crippen LogP contribution in [0.1, 0.15) is 65.7 Å². The second-order valence-electron chi connectivity index (χ2n) is 10.3. The minimum atomic E-state index is 0.0547. The van der Waals surface area contributed by atoms with E-state index < -0.39 is 0 Å². The van der Waals surface area contributed by atoms with Gasteiger partial charge in [-0.15, -0.1) is 0 Å². The Morgan fingerprint density at radius 3 is 2.43 bits per heavy atom. The Balaban J connectivity index is 1.33. The third-order valence-corrected chi connectivity index (χ3v) is 7.94. The molecule has 1 saturated heterocycles. The Bertz CT molecular complexity index is 1110. The molecule has 1 aromatic carbocycles. The van der Waals surface area contributed by atoms with E-state index in [1.807, 2.05) is 6.07 Å². The van der Waals surface area contributed by atoms with Gasteiger partial charge in [0.15, 0.2) is 5.76 Å². The molecule has 3 aromatic rings. The fourth-order valence-corrected chi connectivity index (χ4v) is 5.81. The predicted octanol–water partition coefficient (Wildman–Crippen LogP) is 5.24. The topological polar surface area (TPSA) is 54.5 Å². The van der Waals surface area contributed by atoms with E-state index in [0.29, 0.717) is 17.7 Å². The van der Waals surface area contributed by atoms with Crippen molar-refractivity contribution in [2.24, 2.45) is 5.92 Å². The average molecular weight is 475 g/mol. The highest BCUT2D eigenvalue weighted by atomic mass is 16.3. The van der Waals surface area contributed by atoms with Crippen LogP contribution in [0.5, 0.6) is 0 Å². The number of aromatic nitrogens is 2. The SMILES string of the molecule is CCn1nc(C)c(CN2CCC([C@@H](Cc3ccccc3)N(C(=O)c3ccco3)C3CC3)CC2)c1C. The average Bonchev–Trinajstić information content (AvgIpc) is 3.48. The lowest BCUT2D eigenvalue weighted by Crippen LogP contribution is -2.50. The van der Waals surface area contributed by atoms with Gasteiger partial charge in [0, 0.05) is 36.4 Å². The highest BCUT2D eigenvalue weighted by Crippen LogP contribution is 2.37. The normalized spacial score (nSPS) is 18.0. The molecule has 1 saturated carbocycles. The highest BCUT2D eigenvalue weighted by Gasteiger charge is 2.42. The van der Waals surface area contributed by atoms with Crippen molar-refractivity contribution in [3.63, 3.8) is 0 Å². The predicted molar refractivity (Wildman–Crippen MR) is 137 cm³/mol. The Hall–Kier alpha value is -2.86. The maximum absolute atomic E-state index is 13.6. The fourth-order valence-electron chi connectivity index (χ4n) is 5.81. The second kappa shape index (κ2) is 10.4. The number of amides is 1. The second-order valence-corrected chi connectivity index (χ2v) is 10.3. The number of piperidine rings is 1. The molecule has 0 N–H and O–H groups in total. The smallest absolute Gasteiger partial charge is 0.290 e. The fraction of sp³-hybridized carbons (Fsp3) is 0.517. The summed E-state index contributed by atoms with van der Waals surface area (Å²) >= 11 is 0. The molecule has 2 aromatic heterocycles. The standard InChI is InChI=1S/C29H38N4O2/c1-4-32-22(3)26(21(2)30-32)20-31-16-14-24(15-17-31)27(19-23-9-6-5-7-10-23)33(25-12-13-25)29(34)28-11-8-18-35-28/h5-11,18,24-25,27H,4,12-17,19-20H2,1-3H3/t27-/m1/s1. The van der Waals surface area contributed by atoms with Gasteiger partial charge < -0.3 is 9.32 Å². The van der Waals surface area contributed by atoms with Gasteiger partial charge in [0.05, 0.1) is 12.0 Å². The lowest BCUT2D eigenvalue weighted by atomic mass is 9.84. The highest BCUT2D eigenvalue weighted by molar-refractivity contribution is 5.92. The lowest BCUT2D eigenvalue weighted by Gasteiger charge is -2.41. The Morgan fingerprint density at radius 1 is 1.09 bits per heavy atom. The Kier molecular flexibility index (Phi) is 7.09. The molecule has 186 valence electrons.